The van der Waals surface area contributed by atoms with E-state index in [-0.39, 0.29) is 6.03 Å². The average Bonchev–Trinajstić information content (AvgIpc) is 3.27. The molecule has 4 heteroatoms. The zero-order valence-electron chi connectivity index (χ0n) is 13.4. The minimum Gasteiger partial charge on any atom is -0.467 e. The number of benzene rings is 1. The third kappa shape index (κ3) is 4.38. The first kappa shape index (κ1) is 15.7. The molecule has 1 aliphatic carbocycles. The van der Waals surface area contributed by atoms with Gasteiger partial charge in [-0.2, -0.15) is 0 Å². The van der Waals surface area contributed by atoms with Crippen molar-refractivity contribution in [2.24, 2.45) is 0 Å². The van der Waals surface area contributed by atoms with Crippen LogP contribution in [-0.4, -0.2) is 23.5 Å². The first-order chi connectivity index (χ1) is 11.3. The van der Waals surface area contributed by atoms with E-state index in [1.54, 1.807) is 6.26 Å². The Balaban J connectivity index is 1.56. The molecule has 0 spiro atoms. The van der Waals surface area contributed by atoms with E-state index in [4.69, 9.17) is 4.42 Å². The van der Waals surface area contributed by atoms with Crippen LogP contribution in [0.2, 0.25) is 0 Å². The molecule has 1 heterocycles. The highest BCUT2D eigenvalue weighted by molar-refractivity contribution is 5.74. The van der Waals surface area contributed by atoms with Crippen molar-refractivity contribution < 1.29 is 9.21 Å². The predicted molar refractivity (Wildman–Crippen MR) is 90.1 cm³/mol. The molecule has 2 aromatic rings. The highest BCUT2D eigenvalue weighted by Gasteiger charge is 2.27. The molecule has 1 aromatic heterocycles. The van der Waals surface area contributed by atoms with Crippen LogP contribution in [0, 0.1) is 0 Å². The number of carbonyl (C=O) groups excluding carboxylic acids is 1. The number of amides is 2. The van der Waals surface area contributed by atoms with Gasteiger partial charge in [0.1, 0.15) is 5.76 Å². The summed E-state index contributed by atoms with van der Waals surface area (Å²) in [6.45, 7) is 1.21. The number of hydrogen-bond donors (Lipinski definition) is 1. The third-order valence-electron chi connectivity index (χ3n) is 4.47. The second kappa shape index (κ2) is 7.86. The van der Waals surface area contributed by atoms with Crippen LogP contribution in [0.4, 0.5) is 4.79 Å². The molecule has 0 atom stereocenters. The molecular formula is C19H24N2O2. The van der Waals surface area contributed by atoms with Crippen LogP contribution in [0.25, 0.3) is 0 Å². The topological polar surface area (TPSA) is 45.5 Å². The number of rotatable bonds is 6. The van der Waals surface area contributed by atoms with Crippen LogP contribution in [0.1, 0.15) is 37.0 Å². The Morgan fingerprint density at radius 2 is 1.91 bits per heavy atom. The molecular weight excluding hydrogens is 288 g/mol. The fourth-order valence-corrected chi connectivity index (χ4v) is 3.21. The molecule has 0 saturated heterocycles. The molecule has 1 aliphatic rings. The van der Waals surface area contributed by atoms with Crippen LogP contribution in [0.3, 0.4) is 0 Å². The number of carbonyl (C=O) groups is 1. The molecule has 0 aliphatic heterocycles. The van der Waals surface area contributed by atoms with Gasteiger partial charge in [-0.25, -0.2) is 4.79 Å². The molecule has 0 unspecified atom stereocenters. The normalized spacial score (nSPS) is 14.8. The van der Waals surface area contributed by atoms with E-state index >= 15 is 0 Å². The van der Waals surface area contributed by atoms with Gasteiger partial charge < -0.3 is 14.6 Å². The fraction of sp³-hybridized carbons (Fsp3) is 0.421. The van der Waals surface area contributed by atoms with Crippen molar-refractivity contribution in [3.63, 3.8) is 0 Å². The van der Waals surface area contributed by atoms with Crippen LogP contribution in [0.15, 0.2) is 53.1 Å². The standard InChI is InChI=1S/C19H24N2O2/c22-19(20-13-12-16-7-2-1-3-8-16)21(17-9-4-5-10-17)15-18-11-6-14-23-18/h1-3,6-8,11,14,17H,4-5,9-10,12-13,15H2,(H,20,22). The number of furan rings is 1. The van der Waals surface area contributed by atoms with Crippen molar-refractivity contribution in [1.82, 2.24) is 10.2 Å². The van der Waals surface area contributed by atoms with Gasteiger partial charge in [0.15, 0.2) is 0 Å². The smallest absolute Gasteiger partial charge is 0.318 e. The first-order valence-corrected chi connectivity index (χ1v) is 8.44. The fourth-order valence-electron chi connectivity index (χ4n) is 3.21. The van der Waals surface area contributed by atoms with Crippen molar-refractivity contribution in [3.8, 4) is 0 Å². The van der Waals surface area contributed by atoms with Gasteiger partial charge in [0.25, 0.3) is 0 Å². The van der Waals surface area contributed by atoms with Gasteiger partial charge in [0.05, 0.1) is 12.8 Å². The molecule has 122 valence electrons. The van der Waals surface area contributed by atoms with Gasteiger partial charge in [-0.3, -0.25) is 0 Å². The summed E-state index contributed by atoms with van der Waals surface area (Å²) in [5, 5.41) is 3.07. The summed E-state index contributed by atoms with van der Waals surface area (Å²) in [6, 6.07) is 14.4. The van der Waals surface area contributed by atoms with Crippen molar-refractivity contribution in [2.75, 3.05) is 6.54 Å². The maximum atomic E-state index is 12.6. The zero-order chi connectivity index (χ0) is 15.9. The maximum absolute atomic E-state index is 12.6. The number of nitrogens with one attached hydrogen (secondary N) is 1. The summed E-state index contributed by atoms with van der Waals surface area (Å²) in [7, 11) is 0. The first-order valence-electron chi connectivity index (χ1n) is 8.44. The molecule has 1 saturated carbocycles. The van der Waals surface area contributed by atoms with Crippen LogP contribution >= 0.6 is 0 Å². The summed E-state index contributed by atoms with van der Waals surface area (Å²) in [5.41, 5.74) is 1.24. The Morgan fingerprint density at radius 1 is 1.13 bits per heavy atom. The minimum absolute atomic E-state index is 0.0178. The Labute approximate surface area is 137 Å². The molecule has 0 radical (unpaired) electrons. The van der Waals surface area contributed by atoms with E-state index in [0.717, 1.165) is 25.0 Å². The lowest BCUT2D eigenvalue weighted by Crippen LogP contribution is -2.45. The molecule has 2 amide bonds. The van der Waals surface area contributed by atoms with Crippen molar-refractivity contribution in [1.29, 1.82) is 0 Å². The van der Waals surface area contributed by atoms with Crippen molar-refractivity contribution in [3.05, 3.63) is 60.1 Å². The van der Waals surface area contributed by atoms with Gasteiger partial charge in [0, 0.05) is 12.6 Å². The molecule has 1 N–H and O–H groups in total. The number of urea groups is 1. The van der Waals surface area contributed by atoms with Crippen molar-refractivity contribution in [2.45, 2.75) is 44.7 Å². The van der Waals surface area contributed by atoms with E-state index in [0.29, 0.717) is 19.1 Å². The Hall–Kier alpha value is -2.23. The van der Waals surface area contributed by atoms with Gasteiger partial charge >= 0.3 is 6.03 Å². The van der Waals surface area contributed by atoms with Gasteiger partial charge in [-0.15, -0.1) is 0 Å². The molecule has 0 bridgehead atoms. The summed E-state index contributed by atoms with van der Waals surface area (Å²) in [5.74, 6) is 0.843. The van der Waals surface area contributed by atoms with Gasteiger partial charge in [0.2, 0.25) is 0 Å². The maximum Gasteiger partial charge on any atom is 0.318 e. The molecule has 4 nitrogen and oxygen atoms in total. The van der Waals surface area contributed by atoms with E-state index in [1.807, 2.05) is 35.2 Å². The van der Waals surface area contributed by atoms with E-state index in [2.05, 4.69) is 17.4 Å². The van der Waals surface area contributed by atoms with Crippen LogP contribution in [-0.2, 0) is 13.0 Å². The third-order valence-corrected chi connectivity index (χ3v) is 4.47. The summed E-state index contributed by atoms with van der Waals surface area (Å²) in [4.78, 5) is 14.6. The second-order valence-electron chi connectivity index (χ2n) is 6.11. The van der Waals surface area contributed by atoms with Gasteiger partial charge in [-0.05, 0) is 37.0 Å². The number of hydrogen-bond acceptors (Lipinski definition) is 2. The molecule has 23 heavy (non-hydrogen) atoms. The van der Waals surface area contributed by atoms with Crippen molar-refractivity contribution >= 4 is 6.03 Å². The SMILES string of the molecule is O=C(NCCc1ccccc1)N(Cc1ccco1)C1CCCC1. The quantitative estimate of drug-likeness (QED) is 0.877. The summed E-state index contributed by atoms with van der Waals surface area (Å²) in [6.07, 6.45) is 7.11. The lowest BCUT2D eigenvalue weighted by Gasteiger charge is -2.28. The predicted octanol–water partition coefficient (Wildman–Crippen LogP) is 3.98. The van der Waals surface area contributed by atoms with Crippen LogP contribution < -0.4 is 5.32 Å². The second-order valence-corrected chi connectivity index (χ2v) is 6.11. The Bertz CT molecular complexity index is 589. The summed E-state index contributed by atoms with van der Waals surface area (Å²) < 4.78 is 5.43. The largest absolute Gasteiger partial charge is 0.467 e. The molecule has 1 fully saturated rings. The lowest BCUT2D eigenvalue weighted by atomic mass is 10.1. The summed E-state index contributed by atoms with van der Waals surface area (Å²) >= 11 is 0. The average molecular weight is 312 g/mol. The van der Waals surface area contributed by atoms with E-state index < -0.39 is 0 Å². The minimum atomic E-state index is 0.0178. The highest BCUT2D eigenvalue weighted by Crippen LogP contribution is 2.25. The Kier molecular flexibility index (Phi) is 5.35. The van der Waals surface area contributed by atoms with Gasteiger partial charge in [-0.1, -0.05) is 43.2 Å². The number of nitrogens with zero attached hydrogens (tertiary/aromatic N) is 1. The Morgan fingerprint density at radius 3 is 2.61 bits per heavy atom. The van der Waals surface area contributed by atoms with E-state index in [1.165, 1.54) is 18.4 Å². The monoisotopic (exact) mass is 312 g/mol. The molecule has 3 rings (SSSR count). The van der Waals surface area contributed by atoms with E-state index in [9.17, 15) is 4.79 Å². The van der Waals surface area contributed by atoms with Crippen LogP contribution in [0.5, 0.6) is 0 Å². The molecule has 1 aromatic carbocycles. The highest BCUT2D eigenvalue weighted by atomic mass is 16.3. The lowest BCUT2D eigenvalue weighted by molar-refractivity contribution is 0.165. The zero-order valence-corrected chi connectivity index (χ0v) is 13.4.